The van der Waals surface area contributed by atoms with Crippen molar-refractivity contribution < 1.29 is 13.2 Å². The molecule has 2 rings (SSSR count). The molecule has 7 heteroatoms. The van der Waals surface area contributed by atoms with Crippen molar-refractivity contribution in [2.24, 2.45) is 0 Å². The Morgan fingerprint density at radius 1 is 1.25 bits per heavy atom. The van der Waals surface area contributed by atoms with Crippen molar-refractivity contribution in [2.45, 2.75) is 16.9 Å². The Balaban J connectivity index is 1.92. The number of nitrogens with zero attached hydrogens (tertiary/aromatic N) is 1. The Kier molecular flexibility index (Phi) is 4.57. The lowest BCUT2D eigenvalue weighted by atomic mass is 10.3. The molecule has 2 aromatic rings. The predicted molar refractivity (Wildman–Crippen MR) is 74.7 cm³/mol. The summed E-state index contributed by atoms with van der Waals surface area (Å²) >= 11 is 1.33. The van der Waals surface area contributed by atoms with Crippen LogP contribution in [0.25, 0.3) is 0 Å². The van der Waals surface area contributed by atoms with Crippen molar-refractivity contribution in [2.75, 3.05) is 5.32 Å². The van der Waals surface area contributed by atoms with Crippen LogP contribution in [-0.4, -0.2) is 5.51 Å². The molecule has 1 aromatic heterocycles. The number of rotatable bonds is 4. The molecule has 0 spiro atoms. The molecule has 0 unspecified atom stereocenters. The van der Waals surface area contributed by atoms with Gasteiger partial charge >= 0.3 is 5.51 Å². The number of thiophene rings is 1. The fraction of sp³-hybridized carbons (Fsp3) is 0.154. The van der Waals surface area contributed by atoms with Crippen LogP contribution in [0.3, 0.4) is 0 Å². The highest BCUT2D eigenvalue weighted by Gasteiger charge is 2.28. The van der Waals surface area contributed by atoms with Gasteiger partial charge < -0.3 is 5.32 Å². The van der Waals surface area contributed by atoms with E-state index in [0.29, 0.717) is 12.1 Å². The number of benzene rings is 1. The van der Waals surface area contributed by atoms with Crippen LogP contribution in [0.5, 0.6) is 0 Å². The Morgan fingerprint density at radius 3 is 2.50 bits per heavy atom. The van der Waals surface area contributed by atoms with Crippen LogP contribution >= 0.6 is 23.1 Å². The van der Waals surface area contributed by atoms with Gasteiger partial charge in [-0.3, -0.25) is 0 Å². The van der Waals surface area contributed by atoms with Gasteiger partial charge in [-0.25, -0.2) is 0 Å². The van der Waals surface area contributed by atoms with Gasteiger partial charge in [0.15, 0.2) is 0 Å². The first-order valence-corrected chi connectivity index (χ1v) is 7.23. The molecule has 1 aromatic carbocycles. The maximum Gasteiger partial charge on any atom is 0.446 e. The molecule has 0 aliphatic carbocycles. The second kappa shape index (κ2) is 6.20. The highest BCUT2D eigenvalue weighted by atomic mass is 32.2. The third-order valence-electron chi connectivity index (χ3n) is 2.34. The molecule has 0 amide bonds. The summed E-state index contributed by atoms with van der Waals surface area (Å²) in [5, 5.41) is 13.6. The van der Waals surface area contributed by atoms with Crippen LogP contribution in [-0.2, 0) is 6.54 Å². The summed E-state index contributed by atoms with van der Waals surface area (Å²) in [5.41, 5.74) is -2.91. The molecular formula is C13H9F3N2S2. The highest BCUT2D eigenvalue weighted by molar-refractivity contribution is 8.00. The zero-order valence-electron chi connectivity index (χ0n) is 10.1. The van der Waals surface area contributed by atoms with Crippen molar-refractivity contribution in [3.05, 3.63) is 46.2 Å². The fourth-order valence-electron chi connectivity index (χ4n) is 1.50. The molecule has 1 heterocycles. The lowest BCUT2D eigenvalue weighted by Crippen LogP contribution is -2.00. The zero-order chi connectivity index (χ0) is 14.6. The molecule has 0 saturated carbocycles. The van der Waals surface area contributed by atoms with Crippen LogP contribution in [0.15, 0.2) is 40.6 Å². The average molecular weight is 314 g/mol. The van der Waals surface area contributed by atoms with Crippen molar-refractivity contribution >= 4 is 28.8 Å². The van der Waals surface area contributed by atoms with E-state index >= 15 is 0 Å². The first-order valence-electron chi connectivity index (χ1n) is 5.53. The Hall–Kier alpha value is -1.65. The summed E-state index contributed by atoms with van der Waals surface area (Å²) in [6.45, 7) is 0.540. The van der Waals surface area contributed by atoms with Crippen LogP contribution in [0.1, 0.15) is 10.4 Å². The minimum atomic E-state index is -4.26. The monoisotopic (exact) mass is 314 g/mol. The number of anilines is 1. The standard InChI is InChI=1S/C13H9F3N2S2/c14-13(15,16)20-11-3-1-10(2-4-11)18-7-12-5-9(6-17)8-19-12/h1-5,8,18H,7H2. The molecule has 1 N–H and O–H groups in total. The lowest BCUT2D eigenvalue weighted by Gasteiger charge is -2.08. The molecular weight excluding hydrogens is 305 g/mol. The summed E-state index contributed by atoms with van der Waals surface area (Å²) < 4.78 is 36.5. The van der Waals surface area contributed by atoms with E-state index in [9.17, 15) is 13.2 Å². The smallest absolute Gasteiger partial charge is 0.380 e. The van der Waals surface area contributed by atoms with Gasteiger partial charge in [0.2, 0.25) is 0 Å². The quantitative estimate of drug-likeness (QED) is 0.820. The van der Waals surface area contributed by atoms with E-state index in [1.165, 1.54) is 23.5 Å². The highest BCUT2D eigenvalue weighted by Crippen LogP contribution is 2.37. The molecule has 20 heavy (non-hydrogen) atoms. The molecule has 0 bridgehead atoms. The van der Waals surface area contributed by atoms with Crippen LogP contribution in [0.4, 0.5) is 18.9 Å². The van der Waals surface area contributed by atoms with E-state index in [2.05, 4.69) is 5.32 Å². The molecule has 0 aliphatic heterocycles. The van der Waals surface area contributed by atoms with Crippen LogP contribution < -0.4 is 5.32 Å². The molecule has 0 aliphatic rings. The van der Waals surface area contributed by atoms with Crippen LogP contribution in [0.2, 0.25) is 0 Å². The predicted octanol–water partition coefficient (Wildman–Crippen LogP) is 4.84. The number of halogens is 3. The van der Waals surface area contributed by atoms with Gasteiger partial charge in [0.25, 0.3) is 0 Å². The molecule has 0 fully saturated rings. The maximum absolute atomic E-state index is 12.2. The minimum absolute atomic E-state index is 0.132. The van der Waals surface area contributed by atoms with Gasteiger partial charge in [-0.15, -0.1) is 11.3 Å². The second-order valence-electron chi connectivity index (χ2n) is 3.84. The van der Waals surface area contributed by atoms with Crippen molar-refractivity contribution in [1.29, 1.82) is 5.26 Å². The number of hydrogen-bond acceptors (Lipinski definition) is 4. The van der Waals surface area contributed by atoms with E-state index in [4.69, 9.17) is 5.26 Å². The van der Waals surface area contributed by atoms with Gasteiger partial charge in [0.05, 0.1) is 5.56 Å². The number of thioether (sulfide) groups is 1. The Bertz CT molecular complexity index is 612. The average Bonchev–Trinajstić information content (AvgIpc) is 2.84. The van der Waals surface area contributed by atoms with Gasteiger partial charge in [-0.1, -0.05) is 0 Å². The Morgan fingerprint density at radius 2 is 1.95 bits per heavy atom. The fourth-order valence-corrected chi connectivity index (χ4v) is 2.78. The van der Waals surface area contributed by atoms with Crippen LogP contribution in [0, 0.1) is 11.3 Å². The third-order valence-corrected chi connectivity index (χ3v) is 4.01. The number of nitrogens with one attached hydrogen (secondary N) is 1. The van der Waals surface area contributed by atoms with E-state index in [0.717, 1.165) is 10.6 Å². The van der Waals surface area contributed by atoms with Gasteiger partial charge in [0, 0.05) is 27.4 Å². The molecule has 0 radical (unpaired) electrons. The van der Waals surface area contributed by atoms with E-state index < -0.39 is 5.51 Å². The lowest BCUT2D eigenvalue weighted by molar-refractivity contribution is -0.0328. The minimum Gasteiger partial charge on any atom is -0.380 e. The molecule has 104 valence electrons. The van der Waals surface area contributed by atoms with Crippen molar-refractivity contribution in [3.8, 4) is 6.07 Å². The summed E-state index contributed by atoms with van der Waals surface area (Å²) in [7, 11) is 0. The van der Waals surface area contributed by atoms with E-state index in [-0.39, 0.29) is 16.7 Å². The first kappa shape index (κ1) is 14.8. The topological polar surface area (TPSA) is 35.8 Å². The summed E-state index contributed by atoms with van der Waals surface area (Å²) in [4.78, 5) is 1.15. The second-order valence-corrected chi connectivity index (χ2v) is 5.97. The molecule has 0 saturated heterocycles. The van der Waals surface area contributed by atoms with E-state index in [1.807, 2.05) is 6.07 Å². The molecule has 2 nitrogen and oxygen atoms in total. The van der Waals surface area contributed by atoms with Gasteiger partial charge in [-0.2, -0.15) is 18.4 Å². The normalized spacial score (nSPS) is 11.1. The largest absolute Gasteiger partial charge is 0.446 e. The van der Waals surface area contributed by atoms with Gasteiger partial charge in [0.1, 0.15) is 6.07 Å². The number of alkyl halides is 3. The van der Waals surface area contributed by atoms with Gasteiger partial charge in [-0.05, 0) is 42.1 Å². The van der Waals surface area contributed by atoms with Crippen molar-refractivity contribution in [1.82, 2.24) is 0 Å². The number of hydrogen-bond donors (Lipinski definition) is 1. The number of nitriles is 1. The van der Waals surface area contributed by atoms with E-state index in [1.54, 1.807) is 23.6 Å². The summed E-state index contributed by atoms with van der Waals surface area (Å²) in [6, 6.07) is 9.89. The summed E-state index contributed by atoms with van der Waals surface area (Å²) in [6.07, 6.45) is 0. The maximum atomic E-state index is 12.2. The Labute approximate surface area is 122 Å². The first-order chi connectivity index (χ1) is 9.46. The molecule has 0 atom stereocenters. The SMILES string of the molecule is N#Cc1csc(CNc2ccc(SC(F)(F)F)cc2)c1. The third kappa shape index (κ3) is 4.47. The van der Waals surface area contributed by atoms with Crippen molar-refractivity contribution in [3.63, 3.8) is 0 Å². The summed E-state index contributed by atoms with van der Waals surface area (Å²) in [5.74, 6) is 0. The zero-order valence-corrected chi connectivity index (χ0v) is 11.7.